The van der Waals surface area contributed by atoms with Gasteiger partial charge in [-0.15, -0.1) is 16.9 Å². The predicted octanol–water partition coefficient (Wildman–Crippen LogP) is -0.242. The number of aromatic hydroxyl groups is 1. The minimum Gasteiger partial charge on any atom is -0.508 e. The maximum Gasteiger partial charge on any atom is 0.352 e. The number of phenols is 1. The Bertz CT molecular complexity index is 2370. The first-order valence-electron chi connectivity index (χ1n) is 15.6. The van der Waals surface area contributed by atoms with E-state index in [0.717, 1.165) is 22.9 Å². The van der Waals surface area contributed by atoms with E-state index >= 15 is 0 Å². The highest BCUT2D eigenvalue weighted by Gasteiger charge is 2.67. The number of nitrogens with zero attached hydrogens (tertiary/aromatic N) is 6. The number of nitrogens with two attached hydrogens (primary N) is 1. The standard InChI is InChI=1S/C30H30N12O10S3/c1-41-29(38-39-40-41)54-13-15-12-53-26-30(52-2,25(48)42(26)21(15)24(46)47)37-23(45)20(14-3-7-17(43)8-4-14)35-28(49)34-19-11-32-27(36-22(19)44)33-16-5-9-18(10-6-16)55(31,50)51/h3-11,20,26,43H,12-13H2,1-2H3,(H,37,45)(H,46,47)(H2,31,50,51)(H2,34,35,49)(H2,32,33,36,44)/t20?,26-,30+/m1/s1. The first-order valence-corrected chi connectivity index (χ1v) is 19.2. The van der Waals surface area contributed by atoms with Gasteiger partial charge in [0.05, 0.1) is 11.1 Å². The molecule has 25 heteroatoms. The quantitative estimate of drug-likeness (QED) is 0.0490. The number of fused-ring (bicyclic) bond motifs is 1. The predicted molar refractivity (Wildman–Crippen MR) is 194 cm³/mol. The minimum absolute atomic E-state index is 0.0557. The van der Waals surface area contributed by atoms with Gasteiger partial charge in [-0.05, 0) is 58.0 Å². The van der Waals surface area contributed by atoms with Gasteiger partial charge in [-0.25, -0.2) is 32.8 Å². The molecule has 4 amide bonds. The molecule has 22 nitrogen and oxygen atoms in total. The second-order valence-electron chi connectivity index (χ2n) is 11.7. The summed E-state index contributed by atoms with van der Waals surface area (Å²) in [5, 5.41) is 45.7. The molecule has 2 aliphatic rings. The Morgan fingerprint density at radius 3 is 2.47 bits per heavy atom. The number of tetrazole rings is 1. The number of hydrogen-bond acceptors (Lipinski definition) is 16. The zero-order valence-corrected chi connectivity index (χ0v) is 30.9. The molecule has 1 fully saturated rings. The number of carbonyl (C=O) groups excluding carboxylic acids is 3. The number of thioether (sulfide) groups is 2. The van der Waals surface area contributed by atoms with Crippen molar-refractivity contribution in [1.29, 1.82) is 0 Å². The van der Waals surface area contributed by atoms with Crippen molar-refractivity contribution in [1.82, 2.24) is 45.7 Å². The van der Waals surface area contributed by atoms with E-state index in [2.05, 4.69) is 46.8 Å². The number of aromatic nitrogens is 6. The fourth-order valence-corrected chi connectivity index (χ4v) is 8.42. The lowest BCUT2D eigenvalue weighted by Crippen LogP contribution is -2.81. The number of aliphatic carboxylic acids is 1. The molecule has 288 valence electrons. The van der Waals surface area contributed by atoms with Crippen molar-refractivity contribution in [2.24, 2.45) is 12.2 Å². The largest absolute Gasteiger partial charge is 0.508 e. The van der Waals surface area contributed by atoms with E-state index in [0.29, 0.717) is 16.4 Å². The molecule has 55 heavy (non-hydrogen) atoms. The summed E-state index contributed by atoms with van der Waals surface area (Å²) in [4.78, 5) is 73.6. The van der Waals surface area contributed by atoms with Gasteiger partial charge in [0.2, 0.25) is 27.0 Å². The number of sulfonamides is 1. The van der Waals surface area contributed by atoms with Gasteiger partial charge in [0.1, 0.15) is 28.5 Å². The number of urea groups is 1. The number of carboxylic acids is 1. The van der Waals surface area contributed by atoms with Crippen LogP contribution in [0, 0.1) is 0 Å². The number of carbonyl (C=O) groups is 4. The molecule has 2 aromatic heterocycles. The number of ether oxygens (including phenoxy) is 1. The van der Waals surface area contributed by atoms with E-state index in [-0.39, 0.29) is 45.0 Å². The normalized spacial score (nSPS) is 18.5. The van der Waals surface area contributed by atoms with Gasteiger partial charge in [0.15, 0.2) is 0 Å². The number of phenolic OH excluding ortho intramolecular Hbond substituents is 1. The van der Waals surface area contributed by atoms with Crippen LogP contribution in [0.2, 0.25) is 0 Å². The molecular formula is C30H30N12O10S3. The van der Waals surface area contributed by atoms with Gasteiger partial charge in [-0.1, -0.05) is 23.9 Å². The van der Waals surface area contributed by atoms with Crippen LogP contribution >= 0.6 is 23.5 Å². The topological polar surface area (TPSA) is 319 Å². The van der Waals surface area contributed by atoms with Crippen LogP contribution < -0.4 is 32.0 Å². The summed E-state index contributed by atoms with van der Waals surface area (Å²) >= 11 is 2.33. The Labute approximate surface area is 318 Å². The van der Waals surface area contributed by atoms with Crippen LogP contribution in [0.1, 0.15) is 11.6 Å². The van der Waals surface area contributed by atoms with Crippen molar-refractivity contribution in [2.45, 2.75) is 27.2 Å². The van der Waals surface area contributed by atoms with Crippen LogP contribution in [0.25, 0.3) is 0 Å². The highest BCUT2D eigenvalue weighted by atomic mass is 32.2. The third-order valence-electron chi connectivity index (χ3n) is 8.16. The summed E-state index contributed by atoms with van der Waals surface area (Å²) in [7, 11) is -1.13. The molecule has 0 spiro atoms. The Kier molecular flexibility index (Phi) is 10.8. The second-order valence-corrected chi connectivity index (χ2v) is 15.3. The monoisotopic (exact) mass is 814 g/mol. The summed E-state index contributed by atoms with van der Waals surface area (Å²) in [5.41, 5.74) is -2.52. The number of β-lactam (4-membered cyclic amide) rings is 1. The van der Waals surface area contributed by atoms with E-state index < -0.39 is 56.5 Å². The maximum absolute atomic E-state index is 14.0. The third kappa shape index (κ3) is 7.95. The van der Waals surface area contributed by atoms with Crippen molar-refractivity contribution >= 4 is 74.7 Å². The van der Waals surface area contributed by atoms with E-state index in [4.69, 9.17) is 9.88 Å². The number of H-pyrrole nitrogens is 1. The molecule has 0 aliphatic carbocycles. The van der Waals surface area contributed by atoms with Crippen molar-refractivity contribution < 1.29 is 42.5 Å². The fourth-order valence-electron chi connectivity index (χ4n) is 5.47. The number of benzene rings is 2. The number of carboxylic acid groups (broad SMARTS) is 1. The lowest BCUT2D eigenvalue weighted by Gasteiger charge is -2.56. The zero-order chi connectivity index (χ0) is 39.7. The van der Waals surface area contributed by atoms with Gasteiger partial charge in [-0.2, -0.15) is 0 Å². The Balaban J connectivity index is 1.17. The highest BCUT2D eigenvalue weighted by Crippen LogP contribution is 2.47. The number of aryl methyl sites for hydroxylation is 1. The van der Waals surface area contributed by atoms with E-state index in [1.165, 1.54) is 72.1 Å². The molecule has 4 aromatic rings. The number of amides is 4. The summed E-state index contributed by atoms with van der Waals surface area (Å²) in [5.74, 6) is -3.08. The van der Waals surface area contributed by atoms with Gasteiger partial charge in [0, 0.05) is 31.4 Å². The molecule has 1 unspecified atom stereocenters. The van der Waals surface area contributed by atoms with Crippen LogP contribution in [-0.2, 0) is 36.2 Å². The van der Waals surface area contributed by atoms with Crippen molar-refractivity contribution in [3.8, 4) is 5.75 Å². The molecule has 2 aromatic carbocycles. The Hall–Kier alpha value is -6.02. The smallest absolute Gasteiger partial charge is 0.352 e. The van der Waals surface area contributed by atoms with Crippen LogP contribution in [-0.4, -0.2) is 107 Å². The molecule has 2 aliphatic heterocycles. The molecule has 9 N–H and O–H groups in total. The van der Waals surface area contributed by atoms with Crippen LogP contribution in [0.15, 0.2) is 80.8 Å². The van der Waals surface area contributed by atoms with Crippen molar-refractivity contribution in [2.75, 3.05) is 29.2 Å². The number of anilines is 3. The number of methoxy groups -OCH3 is 1. The van der Waals surface area contributed by atoms with Crippen LogP contribution in [0.3, 0.4) is 0 Å². The first kappa shape index (κ1) is 38.7. The molecule has 0 bridgehead atoms. The average Bonchev–Trinajstić information content (AvgIpc) is 3.56. The van der Waals surface area contributed by atoms with Crippen LogP contribution in [0.5, 0.6) is 5.75 Å². The molecule has 1 saturated heterocycles. The van der Waals surface area contributed by atoms with Crippen LogP contribution in [0.4, 0.5) is 22.1 Å². The molecule has 0 saturated carbocycles. The number of hydrogen-bond donors (Lipinski definition) is 8. The number of aromatic amines is 1. The van der Waals surface area contributed by atoms with E-state index in [1.807, 2.05) is 0 Å². The maximum atomic E-state index is 14.0. The molecule has 4 heterocycles. The van der Waals surface area contributed by atoms with Gasteiger partial charge >= 0.3 is 12.0 Å². The first-order chi connectivity index (χ1) is 26.1. The average molecular weight is 815 g/mol. The lowest BCUT2D eigenvalue weighted by molar-refractivity contribution is -0.192. The van der Waals surface area contributed by atoms with Crippen molar-refractivity contribution in [3.05, 3.63) is 81.9 Å². The SMILES string of the molecule is CO[C@@]1(NC(=O)C(NC(=O)Nc2cnc(Nc3ccc(S(N)(=O)=O)cc3)[nH]c2=O)c2ccc(O)cc2)C(=O)N2C(C(=O)O)=C(CSc3nnnn3C)CS[C@@H]21. The highest BCUT2D eigenvalue weighted by molar-refractivity contribution is 8.01. The van der Waals surface area contributed by atoms with Gasteiger partial charge in [-0.3, -0.25) is 24.3 Å². The number of nitrogens with one attached hydrogen (secondary N) is 5. The zero-order valence-electron chi connectivity index (χ0n) is 28.4. The minimum atomic E-state index is -3.92. The lowest BCUT2D eigenvalue weighted by atomic mass is 9.97. The molecular weight excluding hydrogens is 785 g/mol. The van der Waals surface area contributed by atoms with Gasteiger partial charge < -0.3 is 36.2 Å². The molecule has 0 radical (unpaired) electrons. The van der Waals surface area contributed by atoms with E-state index in [1.54, 1.807) is 7.05 Å². The van der Waals surface area contributed by atoms with Gasteiger partial charge in [0.25, 0.3) is 17.2 Å². The fraction of sp³-hybridized carbons (Fsp3) is 0.233. The number of primary sulfonamides is 1. The molecule has 3 atom stereocenters. The summed E-state index contributed by atoms with van der Waals surface area (Å²) < 4.78 is 30.0. The Morgan fingerprint density at radius 1 is 1.16 bits per heavy atom. The Morgan fingerprint density at radius 2 is 1.87 bits per heavy atom. The summed E-state index contributed by atoms with van der Waals surface area (Å²) in [6.45, 7) is 0. The van der Waals surface area contributed by atoms with Crippen molar-refractivity contribution in [3.63, 3.8) is 0 Å². The molecule has 6 rings (SSSR count). The summed E-state index contributed by atoms with van der Waals surface area (Å²) in [6.07, 6.45) is 1.03. The number of rotatable bonds is 13. The second kappa shape index (κ2) is 15.4. The van der Waals surface area contributed by atoms with E-state index in [9.17, 15) is 42.6 Å². The third-order valence-corrected chi connectivity index (χ3v) is 11.6. The summed E-state index contributed by atoms with van der Waals surface area (Å²) in [6, 6.07) is 7.90.